The summed E-state index contributed by atoms with van der Waals surface area (Å²) in [4.78, 5) is 19.1. The highest BCUT2D eigenvalue weighted by Crippen LogP contribution is 2.21. The summed E-state index contributed by atoms with van der Waals surface area (Å²) < 4.78 is 5.98. The van der Waals surface area contributed by atoms with Crippen molar-refractivity contribution in [2.45, 2.75) is 19.1 Å². The third-order valence-electron chi connectivity index (χ3n) is 4.64. The number of hydrogen-bond donors (Lipinski definition) is 0. The molecule has 1 atom stereocenters. The smallest absolute Gasteiger partial charge is 0.273 e. The Morgan fingerprint density at radius 2 is 1.88 bits per heavy atom. The zero-order valence-electron chi connectivity index (χ0n) is 14.0. The molecule has 0 bridgehead atoms. The molecule has 0 spiro atoms. The van der Waals surface area contributed by atoms with Crippen LogP contribution in [0, 0.1) is 0 Å². The lowest BCUT2D eigenvalue weighted by molar-refractivity contribution is 0.0437. The van der Waals surface area contributed by atoms with Crippen LogP contribution in [0.25, 0.3) is 10.8 Å². The van der Waals surface area contributed by atoms with E-state index in [4.69, 9.17) is 4.74 Å². The summed E-state index contributed by atoms with van der Waals surface area (Å²) in [5.74, 6) is -0.0115. The summed E-state index contributed by atoms with van der Waals surface area (Å²) in [6.07, 6.45) is 2.65. The van der Waals surface area contributed by atoms with Gasteiger partial charge in [0.05, 0.1) is 12.7 Å². The molecule has 0 radical (unpaired) electrons. The highest BCUT2D eigenvalue weighted by atomic mass is 16.5. The Kier molecular flexibility index (Phi) is 4.44. The number of ether oxygens (including phenoxy) is 1. The third kappa shape index (κ3) is 3.39. The SMILES string of the molecule is O=C(c1nccc2ccccc12)N1CC[C@H](OCc2ccccc2)C1. The van der Waals surface area contributed by atoms with Crippen molar-refractivity contribution in [2.75, 3.05) is 13.1 Å². The minimum Gasteiger partial charge on any atom is -0.372 e. The molecule has 2 heterocycles. The van der Waals surface area contributed by atoms with Gasteiger partial charge in [-0.15, -0.1) is 0 Å². The van der Waals surface area contributed by atoms with Crippen molar-refractivity contribution in [1.82, 2.24) is 9.88 Å². The number of fused-ring (bicyclic) bond motifs is 1. The standard InChI is InChI=1S/C21H20N2O2/c24-21(20-19-9-5-4-8-17(19)10-12-22-20)23-13-11-18(14-23)25-15-16-6-2-1-3-7-16/h1-10,12,18H,11,13-15H2/t18-/m0/s1. The van der Waals surface area contributed by atoms with E-state index >= 15 is 0 Å². The molecule has 4 nitrogen and oxygen atoms in total. The van der Waals surface area contributed by atoms with E-state index in [0.717, 1.165) is 22.8 Å². The molecule has 4 rings (SSSR count). The fourth-order valence-electron chi connectivity index (χ4n) is 3.28. The maximum absolute atomic E-state index is 12.9. The first-order chi connectivity index (χ1) is 12.3. The van der Waals surface area contributed by atoms with Crippen molar-refractivity contribution in [1.29, 1.82) is 0 Å². The number of amides is 1. The molecule has 1 amide bonds. The van der Waals surface area contributed by atoms with Crippen LogP contribution in [-0.2, 0) is 11.3 Å². The van der Waals surface area contributed by atoms with Gasteiger partial charge in [0.15, 0.2) is 0 Å². The van der Waals surface area contributed by atoms with Gasteiger partial charge in [-0.05, 0) is 23.4 Å². The molecule has 2 aromatic carbocycles. The summed E-state index contributed by atoms with van der Waals surface area (Å²) in [7, 11) is 0. The molecule has 1 aliphatic heterocycles. The Bertz CT molecular complexity index is 874. The summed E-state index contributed by atoms with van der Waals surface area (Å²) in [6.45, 7) is 1.92. The molecular formula is C21H20N2O2. The van der Waals surface area contributed by atoms with Crippen LogP contribution < -0.4 is 0 Å². The van der Waals surface area contributed by atoms with E-state index in [-0.39, 0.29) is 12.0 Å². The van der Waals surface area contributed by atoms with Crippen LogP contribution in [0.2, 0.25) is 0 Å². The average Bonchev–Trinajstić information content (AvgIpc) is 3.15. The van der Waals surface area contributed by atoms with Gasteiger partial charge in [-0.25, -0.2) is 0 Å². The topological polar surface area (TPSA) is 42.4 Å². The zero-order chi connectivity index (χ0) is 17.1. The molecule has 0 saturated carbocycles. The van der Waals surface area contributed by atoms with Crippen molar-refractivity contribution in [3.63, 3.8) is 0 Å². The molecule has 0 aliphatic carbocycles. The second kappa shape index (κ2) is 7.03. The largest absolute Gasteiger partial charge is 0.372 e. The van der Waals surface area contributed by atoms with E-state index in [2.05, 4.69) is 17.1 Å². The molecule has 1 aromatic heterocycles. The zero-order valence-corrected chi connectivity index (χ0v) is 14.0. The van der Waals surface area contributed by atoms with E-state index in [1.807, 2.05) is 53.4 Å². The van der Waals surface area contributed by atoms with Gasteiger partial charge in [0.2, 0.25) is 0 Å². The average molecular weight is 332 g/mol. The highest BCUT2D eigenvalue weighted by molar-refractivity contribution is 6.05. The van der Waals surface area contributed by atoms with Gasteiger partial charge in [-0.2, -0.15) is 0 Å². The molecule has 0 N–H and O–H groups in total. The number of pyridine rings is 1. The first-order valence-electron chi connectivity index (χ1n) is 8.60. The summed E-state index contributed by atoms with van der Waals surface area (Å²) in [5, 5.41) is 1.94. The van der Waals surface area contributed by atoms with E-state index in [1.165, 1.54) is 0 Å². The van der Waals surface area contributed by atoms with E-state index in [1.54, 1.807) is 6.20 Å². The normalized spacial score (nSPS) is 17.1. The first-order valence-corrected chi connectivity index (χ1v) is 8.60. The van der Waals surface area contributed by atoms with Crippen LogP contribution >= 0.6 is 0 Å². The number of rotatable bonds is 4. The Labute approximate surface area is 147 Å². The Balaban J connectivity index is 1.43. The summed E-state index contributed by atoms with van der Waals surface area (Å²) in [5.41, 5.74) is 1.69. The number of carbonyl (C=O) groups is 1. The lowest BCUT2D eigenvalue weighted by atomic mass is 10.1. The fraction of sp³-hybridized carbons (Fsp3) is 0.238. The van der Waals surface area contributed by atoms with Crippen LogP contribution in [0.3, 0.4) is 0 Å². The molecule has 126 valence electrons. The maximum Gasteiger partial charge on any atom is 0.273 e. The second-order valence-corrected chi connectivity index (χ2v) is 6.34. The molecular weight excluding hydrogens is 312 g/mol. The molecule has 1 aliphatic rings. The minimum absolute atomic E-state index is 0.0115. The van der Waals surface area contributed by atoms with E-state index < -0.39 is 0 Å². The van der Waals surface area contributed by atoms with Crippen molar-refractivity contribution in [3.8, 4) is 0 Å². The van der Waals surface area contributed by atoms with Gasteiger partial charge >= 0.3 is 0 Å². The lowest BCUT2D eigenvalue weighted by Gasteiger charge is -2.17. The minimum atomic E-state index is -0.0115. The molecule has 0 unspecified atom stereocenters. The van der Waals surface area contributed by atoms with E-state index in [9.17, 15) is 4.79 Å². The predicted octanol–water partition coefficient (Wildman–Crippen LogP) is 3.67. The first kappa shape index (κ1) is 15.8. The van der Waals surface area contributed by atoms with Crippen LogP contribution in [-0.4, -0.2) is 35.0 Å². The van der Waals surface area contributed by atoms with Gasteiger partial charge in [-0.1, -0.05) is 54.6 Å². The van der Waals surface area contributed by atoms with Gasteiger partial charge in [0, 0.05) is 24.7 Å². The monoisotopic (exact) mass is 332 g/mol. The quantitative estimate of drug-likeness (QED) is 0.732. The van der Waals surface area contributed by atoms with Gasteiger partial charge in [-0.3, -0.25) is 9.78 Å². The number of aromatic nitrogens is 1. The van der Waals surface area contributed by atoms with Crippen molar-refractivity contribution in [2.24, 2.45) is 0 Å². The fourth-order valence-corrected chi connectivity index (χ4v) is 3.28. The number of benzene rings is 2. The van der Waals surface area contributed by atoms with Crippen molar-refractivity contribution in [3.05, 3.63) is 78.1 Å². The summed E-state index contributed by atoms with van der Waals surface area (Å²) >= 11 is 0. The van der Waals surface area contributed by atoms with Crippen molar-refractivity contribution >= 4 is 16.7 Å². The van der Waals surface area contributed by atoms with Gasteiger partial charge in [0.25, 0.3) is 5.91 Å². The molecule has 4 heteroatoms. The third-order valence-corrected chi connectivity index (χ3v) is 4.64. The summed E-state index contributed by atoms with van der Waals surface area (Å²) in [6, 6.07) is 19.9. The molecule has 1 fully saturated rings. The second-order valence-electron chi connectivity index (χ2n) is 6.34. The molecule has 1 saturated heterocycles. The number of hydrogen-bond acceptors (Lipinski definition) is 3. The van der Waals surface area contributed by atoms with Crippen LogP contribution in [0.1, 0.15) is 22.5 Å². The van der Waals surface area contributed by atoms with Crippen LogP contribution in [0.15, 0.2) is 66.9 Å². The van der Waals surface area contributed by atoms with Gasteiger partial charge < -0.3 is 9.64 Å². The Morgan fingerprint density at radius 1 is 1.08 bits per heavy atom. The Hall–Kier alpha value is -2.72. The molecule has 25 heavy (non-hydrogen) atoms. The van der Waals surface area contributed by atoms with E-state index in [0.29, 0.717) is 25.4 Å². The van der Waals surface area contributed by atoms with Crippen LogP contribution in [0.4, 0.5) is 0 Å². The maximum atomic E-state index is 12.9. The lowest BCUT2D eigenvalue weighted by Crippen LogP contribution is -2.31. The number of nitrogens with zero attached hydrogens (tertiary/aromatic N) is 2. The number of likely N-dealkylation sites (tertiary alicyclic amines) is 1. The molecule has 3 aromatic rings. The van der Waals surface area contributed by atoms with Crippen LogP contribution in [0.5, 0.6) is 0 Å². The van der Waals surface area contributed by atoms with Gasteiger partial charge in [0.1, 0.15) is 5.69 Å². The van der Waals surface area contributed by atoms with Crippen molar-refractivity contribution < 1.29 is 9.53 Å². The highest BCUT2D eigenvalue weighted by Gasteiger charge is 2.28. The number of carbonyl (C=O) groups excluding carboxylic acids is 1. The predicted molar refractivity (Wildman–Crippen MR) is 97.3 cm³/mol. The Morgan fingerprint density at radius 3 is 2.76 bits per heavy atom.